The molecule has 5 heteroatoms. The van der Waals surface area contributed by atoms with Gasteiger partial charge in [0.15, 0.2) is 5.78 Å². The molecule has 2 rings (SSSR count). The molecule has 1 unspecified atom stereocenters. The normalized spacial score (nSPS) is 12.0. The number of rotatable bonds is 6. The number of Topliss-reactive ketones (excluding diaryl/α,β-unsaturated/α-hetero) is 1. The van der Waals surface area contributed by atoms with Gasteiger partial charge in [0, 0.05) is 23.3 Å². The first-order chi connectivity index (χ1) is 10.9. The number of hydrogen-bond acceptors (Lipinski definition) is 3. The Balaban J connectivity index is 1.86. The van der Waals surface area contributed by atoms with Crippen LogP contribution in [0.1, 0.15) is 52.2 Å². The Hall–Kier alpha value is -1.65. The van der Waals surface area contributed by atoms with Gasteiger partial charge in [-0.2, -0.15) is 0 Å². The summed E-state index contributed by atoms with van der Waals surface area (Å²) in [6.45, 7) is 5.90. The lowest BCUT2D eigenvalue weighted by Gasteiger charge is -2.12. The van der Waals surface area contributed by atoms with Gasteiger partial charge in [-0.15, -0.1) is 11.3 Å². The van der Waals surface area contributed by atoms with Gasteiger partial charge in [-0.3, -0.25) is 9.59 Å². The van der Waals surface area contributed by atoms with Crippen LogP contribution >= 0.6 is 22.9 Å². The predicted octanol–water partition coefficient (Wildman–Crippen LogP) is 4.86. The first kappa shape index (κ1) is 17.7. The molecule has 0 aliphatic heterocycles. The molecule has 0 saturated carbocycles. The molecule has 0 aliphatic carbocycles. The number of hydrogen-bond donors (Lipinski definition) is 1. The molecule has 1 amide bonds. The lowest BCUT2D eigenvalue weighted by molar-refractivity contribution is -0.121. The Morgan fingerprint density at radius 1 is 1.13 bits per heavy atom. The van der Waals surface area contributed by atoms with Crippen molar-refractivity contribution in [1.82, 2.24) is 5.32 Å². The predicted molar refractivity (Wildman–Crippen MR) is 95.4 cm³/mol. The second-order valence-corrected chi connectivity index (χ2v) is 7.40. The van der Waals surface area contributed by atoms with Gasteiger partial charge in [0.25, 0.3) is 0 Å². The van der Waals surface area contributed by atoms with Crippen LogP contribution in [0.4, 0.5) is 0 Å². The molecule has 23 heavy (non-hydrogen) atoms. The summed E-state index contributed by atoms with van der Waals surface area (Å²) in [6.07, 6.45) is 0.404. The number of benzene rings is 1. The van der Waals surface area contributed by atoms with Crippen molar-refractivity contribution in [2.75, 3.05) is 0 Å². The number of nitrogens with one attached hydrogen (secondary N) is 1. The van der Waals surface area contributed by atoms with E-state index in [1.807, 2.05) is 51.1 Å². The molecule has 122 valence electrons. The van der Waals surface area contributed by atoms with E-state index in [0.29, 0.717) is 9.90 Å². The van der Waals surface area contributed by atoms with Crippen molar-refractivity contribution in [2.45, 2.75) is 39.7 Å². The number of ketones is 1. The lowest BCUT2D eigenvalue weighted by atomic mass is 10.0. The number of carbonyl (C=O) groups is 2. The van der Waals surface area contributed by atoms with Crippen LogP contribution in [0, 0.1) is 13.8 Å². The first-order valence-electron chi connectivity index (χ1n) is 7.52. The van der Waals surface area contributed by atoms with Gasteiger partial charge in [0.2, 0.25) is 5.91 Å². The molecule has 0 saturated heterocycles. The number of thiophene rings is 1. The molecule has 0 aliphatic rings. The molecule has 3 nitrogen and oxygen atoms in total. The minimum absolute atomic E-state index is 0.00456. The zero-order chi connectivity index (χ0) is 17.0. The zero-order valence-corrected chi connectivity index (χ0v) is 15.1. The van der Waals surface area contributed by atoms with Crippen LogP contribution in [-0.4, -0.2) is 11.7 Å². The Morgan fingerprint density at radius 2 is 1.87 bits per heavy atom. The highest BCUT2D eigenvalue weighted by Gasteiger charge is 2.14. The van der Waals surface area contributed by atoms with E-state index in [1.54, 1.807) is 0 Å². The summed E-state index contributed by atoms with van der Waals surface area (Å²) in [4.78, 5) is 25.2. The monoisotopic (exact) mass is 349 g/mol. The van der Waals surface area contributed by atoms with E-state index in [-0.39, 0.29) is 30.6 Å². The molecule has 0 bridgehead atoms. The van der Waals surface area contributed by atoms with E-state index in [9.17, 15) is 9.59 Å². The highest BCUT2D eigenvalue weighted by molar-refractivity contribution is 7.16. The van der Waals surface area contributed by atoms with Crippen molar-refractivity contribution in [3.63, 3.8) is 0 Å². The molecule has 1 aromatic carbocycles. The van der Waals surface area contributed by atoms with Crippen LogP contribution in [0.3, 0.4) is 0 Å². The second kappa shape index (κ2) is 7.75. The second-order valence-electron chi connectivity index (χ2n) is 5.65. The maximum atomic E-state index is 12.2. The van der Waals surface area contributed by atoms with Crippen molar-refractivity contribution in [3.8, 4) is 0 Å². The summed E-state index contributed by atoms with van der Waals surface area (Å²) < 4.78 is 0.700. The zero-order valence-electron chi connectivity index (χ0n) is 13.5. The van der Waals surface area contributed by atoms with Crippen molar-refractivity contribution >= 4 is 34.6 Å². The quantitative estimate of drug-likeness (QED) is 0.757. The molecule has 1 N–H and O–H groups in total. The SMILES string of the molecule is Cc1ccc(C(=O)CCC(=O)NC(C)c2ccc(Cl)s2)cc1C. The molecular formula is C18H20ClNO2S. The van der Waals surface area contributed by atoms with Gasteiger partial charge < -0.3 is 5.32 Å². The van der Waals surface area contributed by atoms with Crippen LogP contribution < -0.4 is 5.32 Å². The summed E-state index contributed by atoms with van der Waals surface area (Å²) in [5, 5.41) is 2.90. The Bertz CT molecular complexity index is 724. The topological polar surface area (TPSA) is 46.2 Å². The van der Waals surface area contributed by atoms with Crippen molar-refractivity contribution in [1.29, 1.82) is 0 Å². The molecular weight excluding hydrogens is 330 g/mol. The summed E-state index contributed by atoms with van der Waals surface area (Å²) in [5.74, 6) is -0.130. The summed E-state index contributed by atoms with van der Waals surface area (Å²) in [7, 11) is 0. The van der Waals surface area contributed by atoms with E-state index < -0.39 is 0 Å². The molecule has 0 radical (unpaired) electrons. The number of aryl methyl sites for hydroxylation is 2. The Kier molecular flexibility index (Phi) is 5.97. The van der Waals surface area contributed by atoms with Crippen molar-refractivity contribution in [2.24, 2.45) is 0 Å². The number of carbonyl (C=O) groups excluding carboxylic acids is 2. The number of amides is 1. The maximum absolute atomic E-state index is 12.2. The standard InChI is InChI=1S/C18H20ClNO2S/c1-11-4-5-14(10-12(11)2)15(21)6-9-18(22)20-13(3)16-7-8-17(19)23-16/h4-5,7-8,10,13H,6,9H2,1-3H3,(H,20,22). The van der Waals surface area contributed by atoms with Crippen LogP contribution in [0.2, 0.25) is 4.34 Å². The largest absolute Gasteiger partial charge is 0.349 e. The van der Waals surface area contributed by atoms with E-state index in [4.69, 9.17) is 11.6 Å². The van der Waals surface area contributed by atoms with Gasteiger partial charge in [-0.25, -0.2) is 0 Å². The maximum Gasteiger partial charge on any atom is 0.220 e. The summed E-state index contributed by atoms with van der Waals surface area (Å²) in [5.41, 5.74) is 2.91. The fraction of sp³-hybridized carbons (Fsp3) is 0.333. The average Bonchev–Trinajstić information content (AvgIpc) is 2.94. The van der Waals surface area contributed by atoms with Crippen molar-refractivity contribution in [3.05, 3.63) is 56.2 Å². The highest BCUT2D eigenvalue weighted by atomic mass is 35.5. The molecule has 1 heterocycles. The third kappa shape index (κ3) is 4.91. The fourth-order valence-corrected chi connectivity index (χ4v) is 3.30. The van der Waals surface area contributed by atoms with Crippen LogP contribution in [0.15, 0.2) is 30.3 Å². The lowest BCUT2D eigenvalue weighted by Crippen LogP contribution is -2.26. The van der Waals surface area contributed by atoms with Crippen LogP contribution in [-0.2, 0) is 4.79 Å². The van der Waals surface area contributed by atoms with Crippen LogP contribution in [0.25, 0.3) is 0 Å². The van der Waals surface area contributed by atoms with E-state index in [1.165, 1.54) is 11.3 Å². The molecule has 2 aromatic rings. The minimum Gasteiger partial charge on any atom is -0.349 e. The third-order valence-corrected chi connectivity index (χ3v) is 5.22. The van der Waals surface area contributed by atoms with Gasteiger partial charge in [0.05, 0.1) is 10.4 Å². The smallest absolute Gasteiger partial charge is 0.220 e. The van der Waals surface area contributed by atoms with Gasteiger partial charge in [-0.1, -0.05) is 23.7 Å². The Morgan fingerprint density at radius 3 is 2.48 bits per heavy atom. The average molecular weight is 350 g/mol. The fourth-order valence-electron chi connectivity index (χ4n) is 2.23. The first-order valence-corrected chi connectivity index (χ1v) is 8.71. The van der Waals surface area contributed by atoms with E-state index in [0.717, 1.165) is 16.0 Å². The minimum atomic E-state index is -0.126. The summed E-state index contributed by atoms with van der Waals surface area (Å²) in [6, 6.07) is 9.25. The number of halogens is 1. The molecule has 1 aromatic heterocycles. The van der Waals surface area contributed by atoms with E-state index in [2.05, 4.69) is 5.32 Å². The Labute approximate surface area is 145 Å². The van der Waals surface area contributed by atoms with Gasteiger partial charge in [0.1, 0.15) is 0 Å². The molecule has 0 spiro atoms. The molecule has 1 atom stereocenters. The van der Waals surface area contributed by atoms with Gasteiger partial charge in [-0.05, 0) is 50.1 Å². The molecule has 0 fully saturated rings. The van der Waals surface area contributed by atoms with Gasteiger partial charge >= 0.3 is 0 Å². The van der Waals surface area contributed by atoms with Crippen molar-refractivity contribution < 1.29 is 9.59 Å². The highest BCUT2D eigenvalue weighted by Crippen LogP contribution is 2.26. The summed E-state index contributed by atoms with van der Waals surface area (Å²) >= 11 is 7.34. The van der Waals surface area contributed by atoms with E-state index >= 15 is 0 Å². The van der Waals surface area contributed by atoms with Crippen LogP contribution in [0.5, 0.6) is 0 Å². The third-order valence-electron chi connectivity index (χ3n) is 3.81.